The van der Waals surface area contributed by atoms with E-state index in [0.29, 0.717) is 10.2 Å². The van der Waals surface area contributed by atoms with Gasteiger partial charge in [-0.1, -0.05) is 6.07 Å². The highest BCUT2D eigenvalue weighted by atomic mass is 32.1. The molecule has 0 aliphatic carbocycles. The van der Waals surface area contributed by atoms with E-state index in [1.54, 1.807) is 0 Å². The van der Waals surface area contributed by atoms with Crippen molar-refractivity contribution < 1.29 is 14.3 Å². The van der Waals surface area contributed by atoms with Crippen LogP contribution >= 0.6 is 22.7 Å². The van der Waals surface area contributed by atoms with Crippen molar-refractivity contribution in [1.82, 2.24) is 14.9 Å². The summed E-state index contributed by atoms with van der Waals surface area (Å²) < 4.78 is 6.34. The number of amides is 1. The minimum Gasteiger partial charge on any atom is -0.451 e. The summed E-state index contributed by atoms with van der Waals surface area (Å²) >= 11 is 2.92. The molecule has 0 aromatic carbocycles. The molecule has 1 amide bonds. The first-order valence-electron chi connectivity index (χ1n) is 8.37. The van der Waals surface area contributed by atoms with Gasteiger partial charge in [0.1, 0.15) is 11.4 Å². The summed E-state index contributed by atoms with van der Waals surface area (Å²) in [5.41, 5.74) is 0.510. The van der Waals surface area contributed by atoms with Crippen molar-refractivity contribution in [2.75, 3.05) is 0 Å². The van der Waals surface area contributed by atoms with E-state index in [1.165, 1.54) is 40.5 Å². The number of hydrogen-bond acceptors (Lipinski definition) is 7. The molecule has 0 fully saturated rings. The van der Waals surface area contributed by atoms with Crippen molar-refractivity contribution in [1.29, 1.82) is 0 Å². The lowest BCUT2D eigenvalue weighted by atomic mass is 10.2. The average molecular weight is 406 g/mol. The Kier molecular flexibility index (Phi) is 5.71. The Morgan fingerprint density at radius 3 is 2.74 bits per heavy atom. The lowest BCUT2D eigenvalue weighted by molar-refractivity contribution is -0.155. The highest BCUT2D eigenvalue weighted by Crippen LogP contribution is 2.33. The minimum atomic E-state index is -0.935. The second-order valence-electron chi connectivity index (χ2n) is 6.28. The van der Waals surface area contributed by atoms with Crippen molar-refractivity contribution in [3.63, 3.8) is 0 Å². The quantitative estimate of drug-likeness (QED) is 0.637. The van der Waals surface area contributed by atoms with E-state index in [1.807, 2.05) is 36.7 Å². The van der Waals surface area contributed by atoms with Crippen LogP contribution in [-0.4, -0.2) is 33.6 Å². The van der Waals surface area contributed by atoms with Gasteiger partial charge in [-0.05, 0) is 32.2 Å². The van der Waals surface area contributed by atoms with Crippen LogP contribution in [0.4, 0.5) is 0 Å². The normalized spacial score (nSPS) is 12.3. The Morgan fingerprint density at radius 1 is 1.30 bits per heavy atom. The molecular weight excluding hydrogens is 386 g/mol. The van der Waals surface area contributed by atoms with Crippen molar-refractivity contribution in [2.24, 2.45) is 0 Å². The number of nitrogens with one attached hydrogen (secondary N) is 1. The van der Waals surface area contributed by atoms with Gasteiger partial charge in [0.2, 0.25) is 0 Å². The molecule has 0 aliphatic rings. The first-order valence-corrected chi connectivity index (χ1v) is 10.1. The van der Waals surface area contributed by atoms with E-state index in [-0.39, 0.29) is 24.1 Å². The molecule has 3 aromatic rings. The molecule has 1 atom stereocenters. The third-order valence-electron chi connectivity index (χ3n) is 3.76. The van der Waals surface area contributed by atoms with Gasteiger partial charge < -0.3 is 10.1 Å². The van der Waals surface area contributed by atoms with E-state index in [0.717, 1.165) is 10.4 Å². The fourth-order valence-corrected chi connectivity index (χ4v) is 4.24. The molecule has 0 saturated heterocycles. The molecule has 27 heavy (non-hydrogen) atoms. The van der Waals surface area contributed by atoms with Gasteiger partial charge in [0.25, 0.3) is 11.5 Å². The number of esters is 1. The van der Waals surface area contributed by atoms with Gasteiger partial charge >= 0.3 is 5.97 Å². The number of carbonyl (C=O) groups is 2. The molecule has 0 saturated carbocycles. The second-order valence-corrected chi connectivity index (χ2v) is 8.09. The minimum absolute atomic E-state index is 0.0536. The number of hydrogen-bond donors (Lipinski definition) is 1. The van der Waals surface area contributed by atoms with Gasteiger partial charge in [-0.25, -0.2) is 4.98 Å². The summed E-state index contributed by atoms with van der Waals surface area (Å²) in [5.74, 6) is -1.05. The van der Waals surface area contributed by atoms with Gasteiger partial charge in [0.15, 0.2) is 6.10 Å². The van der Waals surface area contributed by atoms with Crippen LogP contribution in [0.5, 0.6) is 0 Å². The van der Waals surface area contributed by atoms with Crippen molar-refractivity contribution in [3.8, 4) is 10.4 Å². The summed E-state index contributed by atoms with van der Waals surface area (Å²) in [6, 6.07) is 3.80. The molecule has 3 heterocycles. The highest BCUT2D eigenvalue weighted by molar-refractivity contribution is 7.18. The van der Waals surface area contributed by atoms with Crippen LogP contribution in [-0.2, 0) is 20.9 Å². The Hall–Kier alpha value is -2.52. The fourth-order valence-electron chi connectivity index (χ4n) is 2.52. The topological polar surface area (TPSA) is 90.3 Å². The maximum atomic E-state index is 12.9. The van der Waals surface area contributed by atoms with Gasteiger partial charge in [0, 0.05) is 21.9 Å². The van der Waals surface area contributed by atoms with Crippen LogP contribution in [0.3, 0.4) is 0 Å². The molecule has 0 spiro atoms. The van der Waals surface area contributed by atoms with E-state index in [2.05, 4.69) is 10.3 Å². The number of thiophene rings is 2. The fraction of sp³-hybridized carbons (Fsp3) is 0.333. The van der Waals surface area contributed by atoms with E-state index >= 15 is 0 Å². The third-order valence-corrected chi connectivity index (χ3v) is 5.54. The molecule has 3 aromatic heterocycles. The van der Waals surface area contributed by atoms with Crippen molar-refractivity contribution in [2.45, 2.75) is 39.5 Å². The van der Waals surface area contributed by atoms with Crippen LogP contribution in [0.1, 0.15) is 20.8 Å². The maximum Gasteiger partial charge on any atom is 0.326 e. The monoisotopic (exact) mass is 405 g/mol. The predicted octanol–water partition coefficient (Wildman–Crippen LogP) is 2.64. The molecule has 3 rings (SSSR count). The molecule has 0 bridgehead atoms. The number of rotatable bonds is 6. The van der Waals surface area contributed by atoms with Crippen LogP contribution < -0.4 is 10.9 Å². The number of carbonyl (C=O) groups excluding carboxylic acids is 2. The van der Waals surface area contributed by atoms with Crippen molar-refractivity contribution >= 4 is 44.8 Å². The number of ether oxygens (including phenoxy) is 1. The van der Waals surface area contributed by atoms with Gasteiger partial charge in [-0.2, -0.15) is 0 Å². The molecule has 0 aliphatic heterocycles. The van der Waals surface area contributed by atoms with E-state index in [9.17, 15) is 14.4 Å². The van der Waals surface area contributed by atoms with E-state index in [4.69, 9.17) is 4.74 Å². The maximum absolute atomic E-state index is 12.9. The molecule has 1 unspecified atom stereocenters. The Balaban J connectivity index is 1.80. The number of aromatic nitrogens is 2. The number of nitrogens with zero attached hydrogens (tertiary/aromatic N) is 2. The Labute approximate surface area is 163 Å². The molecule has 0 radical (unpaired) electrons. The Morgan fingerprint density at radius 2 is 2.07 bits per heavy atom. The molecule has 7 nitrogen and oxygen atoms in total. The first-order chi connectivity index (χ1) is 12.9. The van der Waals surface area contributed by atoms with Gasteiger partial charge in [-0.15, -0.1) is 22.7 Å². The second kappa shape index (κ2) is 8.01. The average Bonchev–Trinajstić information content (AvgIpc) is 3.25. The lowest BCUT2D eigenvalue weighted by Gasteiger charge is -2.15. The van der Waals surface area contributed by atoms with Crippen LogP contribution in [0, 0.1) is 0 Å². The van der Waals surface area contributed by atoms with Crippen LogP contribution in [0.25, 0.3) is 20.7 Å². The molecular formula is C18H19N3O4S2. The van der Waals surface area contributed by atoms with Gasteiger partial charge in [0.05, 0.1) is 11.7 Å². The van der Waals surface area contributed by atoms with Crippen LogP contribution in [0.15, 0.2) is 34.0 Å². The SMILES string of the molecule is CC(C)NC(=O)C(C)OC(=O)Cn1cnc2scc(-c3cccs3)c2c1=O. The molecule has 9 heteroatoms. The summed E-state index contributed by atoms with van der Waals surface area (Å²) in [7, 11) is 0. The zero-order chi connectivity index (χ0) is 19.6. The number of fused-ring (bicyclic) bond motifs is 1. The zero-order valence-corrected chi connectivity index (χ0v) is 16.7. The summed E-state index contributed by atoms with van der Waals surface area (Å²) in [6.07, 6.45) is 0.398. The predicted molar refractivity (Wildman–Crippen MR) is 106 cm³/mol. The molecule has 142 valence electrons. The van der Waals surface area contributed by atoms with Crippen molar-refractivity contribution in [3.05, 3.63) is 39.6 Å². The summed E-state index contributed by atoms with van der Waals surface area (Å²) in [4.78, 5) is 42.8. The standard InChI is InChI=1S/C18H19N3O4S2/c1-10(2)20-16(23)11(3)25-14(22)7-21-9-19-17-15(18(21)24)12(8-27-17)13-5-4-6-26-13/h4-6,8-11H,7H2,1-3H3,(H,20,23). The largest absolute Gasteiger partial charge is 0.451 e. The van der Waals surface area contributed by atoms with Crippen LogP contribution in [0.2, 0.25) is 0 Å². The Bertz CT molecular complexity index is 1020. The molecule has 1 N–H and O–H groups in total. The zero-order valence-electron chi connectivity index (χ0n) is 15.1. The highest BCUT2D eigenvalue weighted by Gasteiger charge is 2.20. The summed E-state index contributed by atoms with van der Waals surface area (Å²) in [5, 5.41) is 7.00. The van der Waals surface area contributed by atoms with Gasteiger partial charge in [-0.3, -0.25) is 19.0 Å². The first kappa shape index (κ1) is 19.2. The lowest BCUT2D eigenvalue weighted by Crippen LogP contribution is -2.40. The summed E-state index contributed by atoms with van der Waals surface area (Å²) in [6.45, 7) is 4.83. The smallest absolute Gasteiger partial charge is 0.326 e. The van der Waals surface area contributed by atoms with E-state index < -0.39 is 12.1 Å². The third kappa shape index (κ3) is 4.25.